The molecule has 1 atom stereocenters. The Morgan fingerprint density at radius 3 is 2.28 bits per heavy atom. The molecule has 0 aliphatic heterocycles. The maximum atomic E-state index is 10.0. The van der Waals surface area contributed by atoms with Crippen LogP contribution >= 0.6 is 0 Å². The molecule has 0 radical (unpaired) electrons. The topological polar surface area (TPSA) is 20.2 Å². The molecule has 2 aromatic rings. The summed E-state index contributed by atoms with van der Waals surface area (Å²) in [6, 6.07) is 15.7. The molecule has 0 amide bonds. The maximum absolute atomic E-state index is 10.0. The van der Waals surface area contributed by atoms with Gasteiger partial charge in [0.25, 0.3) is 0 Å². The minimum Gasteiger partial charge on any atom is -0.376 e. The van der Waals surface area contributed by atoms with Crippen molar-refractivity contribution in [3.63, 3.8) is 0 Å². The first-order chi connectivity index (χ1) is 8.66. The molecule has 0 fully saturated rings. The highest BCUT2D eigenvalue weighted by Gasteiger charge is 2.05. The zero-order valence-corrected chi connectivity index (χ0v) is 10.6. The number of hydrogen-bond donors (Lipinski definition) is 1. The van der Waals surface area contributed by atoms with Crippen LogP contribution in [0.25, 0.3) is 0 Å². The van der Waals surface area contributed by atoms with Gasteiger partial charge >= 0.3 is 0 Å². The van der Waals surface area contributed by atoms with Crippen LogP contribution in [0.15, 0.2) is 48.5 Å². The van der Waals surface area contributed by atoms with Crippen LogP contribution in [0.5, 0.6) is 0 Å². The average Bonchev–Trinajstić information content (AvgIpc) is 2.38. The van der Waals surface area contributed by atoms with Gasteiger partial charge < -0.3 is 5.11 Å². The lowest BCUT2D eigenvalue weighted by atomic mass is 10.0. The molecule has 1 nitrogen and oxygen atoms in total. The Hall–Kier alpha value is -2.04. The van der Waals surface area contributed by atoms with Gasteiger partial charge in [0, 0.05) is 5.56 Å². The van der Waals surface area contributed by atoms with Crippen molar-refractivity contribution in [3.05, 3.63) is 70.8 Å². The Bertz CT molecular complexity index is 585. The zero-order valence-electron chi connectivity index (χ0n) is 10.6. The molecule has 0 saturated carbocycles. The van der Waals surface area contributed by atoms with E-state index in [0.717, 1.165) is 16.7 Å². The summed E-state index contributed by atoms with van der Waals surface area (Å²) < 4.78 is 0. The fourth-order valence-corrected chi connectivity index (χ4v) is 1.76. The van der Waals surface area contributed by atoms with Crippen LogP contribution in [-0.2, 0) is 0 Å². The lowest BCUT2D eigenvalue weighted by Gasteiger charge is -2.06. The van der Waals surface area contributed by atoms with Crippen molar-refractivity contribution in [2.75, 3.05) is 0 Å². The molecule has 0 spiro atoms. The molecule has 18 heavy (non-hydrogen) atoms. The van der Waals surface area contributed by atoms with Crippen LogP contribution in [0.3, 0.4) is 0 Å². The van der Waals surface area contributed by atoms with Gasteiger partial charge in [-0.15, -0.1) is 0 Å². The van der Waals surface area contributed by atoms with Crippen LogP contribution in [0.2, 0.25) is 0 Å². The Labute approximate surface area is 108 Å². The standard InChI is InChI=1S/C17H16O/c1-13-7-9-15(10-8-13)11-12-17(18)16-6-4-3-5-14(16)2/h3-10,17-18H,1-2H3. The van der Waals surface area contributed by atoms with Crippen LogP contribution in [0.1, 0.15) is 28.4 Å². The predicted octanol–water partition coefficient (Wildman–Crippen LogP) is 3.39. The minimum atomic E-state index is -0.729. The summed E-state index contributed by atoms with van der Waals surface area (Å²) in [4.78, 5) is 0. The van der Waals surface area contributed by atoms with Gasteiger partial charge in [-0.25, -0.2) is 0 Å². The Morgan fingerprint density at radius 2 is 1.61 bits per heavy atom. The van der Waals surface area contributed by atoms with E-state index in [1.54, 1.807) is 0 Å². The van der Waals surface area contributed by atoms with Gasteiger partial charge in [0.15, 0.2) is 0 Å². The second kappa shape index (κ2) is 5.53. The molecule has 0 aliphatic rings. The Balaban J connectivity index is 2.20. The zero-order chi connectivity index (χ0) is 13.0. The van der Waals surface area contributed by atoms with Crippen molar-refractivity contribution in [3.8, 4) is 11.8 Å². The Morgan fingerprint density at radius 1 is 0.944 bits per heavy atom. The molecule has 1 N–H and O–H groups in total. The third-order valence-corrected chi connectivity index (χ3v) is 2.89. The number of aliphatic hydroxyl groups excluding tert-OH is 1. The summed E-state index contributed by atoms with van der Waals surface area (Å²) in [5.74, 6) is 5.88. The molecular formula is C17H16O. The van der Waals surface area contributed by atoms with Crippen LogP contribution in [0, 0.1) is 25.7 Å². The second-order valence-corrected chi connectivity index (χ2v) is 4.39. The van der Waals surface area contributed by atoms with Gasteiger partial charge in [-0.3, -0.25) is 0 Å². The third-order valence-electron chi connectivity index (χ3n) is 2.89. The molecule has 0 bridgehead atoms. The molecule has 2 rings (SSSR count). The summed E-state index contributed by atoms with van der Waals surface area (Å²) in [7, 11) is 0. The van der Waals surface area contributed by atoms with Gasteiger partial charge in [-0.2, -0.15) is 0 Å². The smallest absolute Gasteiger partial charge is 0.140 e. The summed E-state index contributed by atoms with van der Waals surface area (Å²) in [6.07, 6.45) is -0.729. The first-order valence-electron chi connectivity index (χ1n) is 5.98. The van der Waals surface area contributed by atoms with Crippen molar-refractivity contribution in [2.24, 2.45) is 0 Å². The highest BCUT2D eigenvalue weighted by atomic mass is 16.3. The molecular weight excluding hydrogens is 220 g/mol. The van der Waals surface area contributed by atoms with Crippen molar-refractivity contribution in [1.29, 1.82) is 0 Å². The van der Waals surface area contributed by atoms with E-state index in [1.165, 1.54) is 5.56 Å². The second-order valence-electron chi connectivity index (χ2n) is 4.39. The summed E-state index contributed by atoms with van der Waals surface area (Å²) in [5, 5.41) is 10.0. The quantitative estimate of drug-likeness (QED) is 0.752. The van der Waals surface area contributed by atoms with E-state index in [1.807, 2.05) is 62.4 Å². The molecule has 0 aliphatic carbocycles. The van der Waals surface area contributed by atoms with Gasteiger partial charge in [-0.1, -0.05) is 53.8 Å². The predicted molar refractivity (Wildman–Crippen MR) is 74.2 cm³/mol. The molecule has 1 heteroatoms. The van der Waals surface area contributed by atoms with Crippen molar-refractivity contribution in [1.82, 2.24) is 0 Å². The van der Waals surface area contributed by atoms with E-state index >= 15 is 0 Å². The number of hydrogen-bond acceptors (Lipinski definition) is 1. The van der Waals surface area contributed by atoms with E-state index in [2.05, 4.69) is 11.8 Å². The molecule has 0 saturated heterocycles. The number of aliphatic hydroxyl groups is 1. The fourth-order valence-electron chi connectivity index (χ4n) is 1.76. The van der Waals surface area contributed by atoms with Gasteiger partial charge in [0.2, 0.25) is 0 Å². The Kier molecular flexibility index (Phi) is 3.82. The van der Waals surface area contributed by atoms with Gasteiger partial charge in [0.1, 0.15) is 6.10 Å². The van der Waals surface area contributed by atoms with E-state index in [9.17, 15) is 5.11 Å². The first kappa shape index (κ1) is 12.4. The lowest BCUT2D eigenvalue weighted by molar-refractivity contribution is 0.237. The fraction of sp³-hybridized carbons (Fsp3) is 0.176. The minimum absolute atomic E-state index is 0.729. The van der Waals surface area contributed by atoms with E-state index in [0.29, 0.717) is 0 Å². The SMILES string of the molecule is Cc1ccc(C#CC(O)c2ccccc2C)cc1. The first-order valence-corrected chi connectivity index (χ1v) is 5.98. The summed E-state index contributed by atoms with van der Waals surface area (Å²) in [5.41, 5.74) is 4.06. The normalized spacial score (nSPS) is 11.5. The van der Waals surface area contributed by atoms with Crippen molar-refractivity contribution >= 4 is 0 Å². The van der Waals surface area contributed by atoms with Gasteiger partial charge in [0.05, 0.1) is 0 Å². The van der Waals surface area contributed by atoms with Crippen LogP contribution in [-0.4, -0.2) is 5.11 Å². The molecule has 1 unspecified atom stereocenters. The molecule has 0 aromatic heterocycles. The largest absolute Gasteiger partial charge is 0.376 e. The number of rotatable bonds is 1. The highest BCUT2D eigenvalue weighted by Crippen LogP contribution is 2.16. The summed E-state index contributed by atoms with van der Waals surface area (Å²) >= 11 is 0. The molecule has 90 valence electrons. The van der Waals surface area contributed by atoms with Crippen molar-refractivity contribution in [2.45, 2.75) is 20.0 Å². The van der Waals surface area contributed by atoms with E-state index < -0.39 is 6.10 Å². The number of benzene rings is 2. The lowest BCUT2D eigenvalue weighted by Crippen LogP contribution is -1.96. The molecule has 2 aromatic carbocycles. The van der Waals surface area contributed by atoms with E-state index in [-0.39, 0.29) is 0 Å². The summed E-state index contributed by atoms with van der Waals surface area (Å²) in [6.45, 7) is 4.02. The third kappa shape index (κ3) is 3.00. The van der Waals surface area contributed by atoms with Crippen molar-refractivity contribution < 1.29 is 5.11 Å². The maximum Gasteiger partial charge on any atom is 0.140 e. The van der Waals surface area contributed by atoms with E-state index in [4.69, 9.17) is 0 Å². The average molecular weight is 236 g/mol. The molecule has 0 heterocycles. The monoisotopic (exact) mass is 236 g/mol. The van der Waals surface area contributed by atoms with Crippen LogP contribution < -0.4 is 0 Å². The van der Waals surface area contributed by atoms with Crippen LogP contribution in [0.4, 0.5) is 0 Å². The van der Waals surface area contributed by atoms with Gasteiger partial charge in [-0.05, 0) is 37.1 Å². The number of aryl methyl sites for hydroxylation is 2. The highest BCUT2D eigenvalue weighted by molar-refractivity contribution is 5.39.